The molecule has 0 aromatic rings. The van der Waals surface area contributed by atoms with E-state index in [0.717, 1.165) is 25.7 Å². The van der Waals surface area contributed by atoms with Crippen molar-refractivity contribution in [1.82, 2.24) is 5.32 Å². The van der Waals surface area contributed by atoms with Gasteiger partial charge in [-0.25, -0.2) is 4.79 Å². The van der Waals surface area contributed by atoms with Gasteiger partial charge in [-0.05, 0) is 44.3 Å². The Kier molecular flexibility index (Phi) is 19.1. The number of carboxylic acid groups (broad SMARTS) is 1. The van der Waals surface area contributed by atoms with E-state index in [-0.39, 0.29) is 5.91 Å². The molecule has 0 aromatic heterocycles. The monoisotopic (exact) mass is 399 g/mol. The number of aliphatic carboxylic acids is 1. The van der Waals surface area contributed by atoms with Crippen LogP contribution in [-0.4, -0.2) is 28.8 Å². The summed E-state index contributed by atoms with van der Waals surface area (Å²) in [6.07, 6.45) is 21.3. The lowest BCUT2D eigenvalue weighted by Crippen LogP contribution is -2.40. The number of carbonyl (C=O) groups excluding carboxylic acids is 1. The molecule has 1 atom stereocenters. The van der Waals surface area contributed by atoms with Gasteiger partial charge in [-0.1, -0.05) is 70.4 Å². The van der Waals surface area contributed by atoms with Gasteiger partial charge in [0.1, 0.15) is 6.04 Å². The van der Waals surface area contributed by atoms with E-state index in [4.69, 9.17) is 5.11 Å². The van der Waals surface area contributed by atoms with Crippen LogP contribution >= 0.6 is 12.6 Å². The van der Waals surface area contributed by atoms with Crippen LogP contribution in [0.2, 0.25) is 0 Å². The number of carboxylic acids is 1. The van der Waals surface area contributed by atoms with E-state index in [9.17, 15) is 9.59 Å². The van der Waals surface area contributed by atoms with Gasteiger partial charge in [0.2, 0.25) is 5.91 Å². The van der Waals surface area contributed by atoms with E-state index in [1.165, 1.54) is 57.8 Å². The number of allylic oxidation sites excluding steroid dienone is 2. The van der Waals surface area contributed by atoms with Crippen molar-refractivity contribution in [2.24, 2.45) is 0 Å². The van der Waals surface area contributed by atoms with Gasteiger partial charge in [0, 0.05) is 6.42 Å². The van der Waals surface area contributed by atoms with Gasteiger partial charge in [-0.15, -0.1) is 0 Å². The highest BCUT2D eigenvalue weighted by Gasteiger charge is 2.18. The summed E-state index contributed by atoms with van der Waals surface area (Å²) >= 11 is 4.02. The highest BCUT2D eigenvalue weighted by molar-refractivity contribution is 7.80. The topological polar surface area (TPSA) is 66.4 Å². The molecule has 0 aliphatic heterocycles. The molecule has 4 nitrogen and oxygen atoms in total. The summed E-state index contributed by atoms with van der Waals surface area (Å²) in [7, 11) is 0. The van der Waals surface area contributed by atoms with Gasteiger partial charge in [-0.3, -0.25) is 4.79 Å². The van der Waals surface area contributed by atoms with Gasteiger partial charge in [0.25, 0.3) is 0 Å². The third kappa shape index (κ3) is 18.2. The summed E-state index contributed by atoms with van der Waals surface area (Å²) in [5.74, 6) is -0.700. The van der Waals surface area contributed by atoms with Crippen LogP contribution < -0.4 is 5.32 Å². The summed E-state index contributed by atoms with van der Waals surface area (Å²) in [4.78, 5) is 22.7. The number of unbranched alkanes of at least 4 members (excludes halogenated alkanes) is 11. The molecule has 0 spiro atoms. The van der Waals surface area contributed by atoms with Crippen LogP contribution in [0.4, 0.5) is 0 Å². The van der Waals surface area contributed by atoms with Crippen LogP contribution in [0.25, 0.3) is 0 Å². The molecule has 0 rings (SSSR count). The molecule has 27 heavy (non-hydrogen) atoms. The molecule has 0 fully saturated rings. The number of amides is 1. The van der Waals surface area contributed by atoms with Crippen LogP contribution in [0, 0.1) is 0 Å². The summed E-state index contributed by atoms with van der Waals surface area (Å²) in [6, 6.07) is -0.807. The molecular formula is C22H41NO3S. The van der Waals surface area contributed by atoms with Crippen molar-refractivity contribution in [1.29, 1.82) is 0 Å². The fourth-order valence-electron chi connectivity index (χ4n) is 3.01. The summed E-state index contributed by atoms with van der Waals surface area (Å²) < 4.78 is 0. The zero-order valence-electron chi connectivity index (χ0n) is 17.3. The quantitative estimate of drug-likeness (QED) is 0.144. The van der Waals surface area contributed by atoms with Crippen molar-refractivity contribution in [3.63, 3.8) is 0 Å². The fourth-order valence-corrected chi connectivity index (χ4v) is 3.27. The van der Waals surface area contributed by atoms with Crippen molar-refractivity contribution < 1.29 is 14.7 Å². The van der Waals surface area contributed by atoms with E-state index in [2.05, 4.69) is 37.0 Å². The van der Waals surface area contributed by atoms with Gasteiger partial charge < -0.3 is 10.4 Å². The number of rotatable bonds is 19. The lowest BCUT2D eigenvalue weighted by atomic mass is 10.1. The Labute approximate surface area is 172 Å². The maximum absolute atomic E-state index is 11.8. The van der Waals surface area contributed by atoms with Crippen LogP contribution in [0.3, 0.4) is 0 Å². The van der Waals surface area contributed by atoms with E-state index in [1.54, 1.807) is 0 Å². The second-order valence-electron chi connectivity index (χ2n) is 7.30. The maximum Gasteiger partial charge on any atom is 0.326 e. The Bertz CT molecular complexity index is 399. The van der Waals surface area contributed by atoms with Crippen molar-refractivity contribution in [2.75, 3.05) is 5.75 Å². The highest BCUT2D eigenvalue weighted by Crippen LogP contribution is 2.10. The first-order chi connectivity index (χ1) is 13.1. The molecule has 1 amide bonds. The smallest absolute Gasteiger partial charge is 0.326 e. The van der Waals surface area contributed by atoms with E-state index >= 15 is 0 Å². The molecule has 158 valence electrons. The number of nitrogens with one attached hydrogen (secondary N) is 1. The zero-order chi connectivity index (χ0) is 20.2. The number of hydrogen-bond donors (Lipinski definition) is 3. The predicted octanol–water partition coefficient (Wildman–Crippen LogP) is 5.91. The standard InChI is InChI=1S/C22H41NO3S/c1-2-3-4-5-6-7-8-9-10-11-12-13-14-15-16-17-21(24)23-20(18-19-27)22(25)26/h9-10,20,27H,2-8,11-19H2,1H3,(H,23,24)(H,25,26)/b10-9-. The zero-order valence-corrected chi connectivity index (χ0v) is 18.2. The maximum atomic E-state index is 11.8. The summed E-state index contributed by atoms with van der Waals surface area (Å²) in [5, 5.41) is 11.6. The lowest BCUT2D eigenvalue weighted by Gasteiger charge is -2.13. The van der Waals surface area contributed by atoms with Crippen LogP contribution in [0.15, 0.2) is 12.2 Å². The van der Waals surface area contributed by atoms with Crippen LogP contribution in [0.5, 0.6) is 0 Å². The van der Waals surface area contributed by atoms with Gasteiger partial charge in [0.05, 0.1) is 0 Å². The Hall–Kier alpha value is -0.970. The second-order valence-corrected chi connectivity index (χ2v) is 7.75. The molecule has 0 aliphatic rings. The van der Waals surface area contributed by atoms with Gasteiger partial charge >= 0.3 is 5.97 Å². The average Bonchev–Trinajstić information content (AvgIpc) is 2.64. The Balaban J connectivity index is 3.42. The summed E-state index contributed by atoms with van der Waals surface area (Å²) in [6.45, 7) is 2.25. The number of thiol groups is 1. The molecule has 0 heterocycles. The third-order valence-corrected chi connectivity index (χ3v) is 4.97. The van der Waals surface area contributed by atoms with E-state index in [0.29, 0.717) is 18.6 Å². The first-order valence-electron chi connectivity index (χ1n) is 10.9. The third-order valence-electron chi connectivity index (χ3n) is 4.72. The minimum atomic E-state index is -0.984. The molecular weight excluding hydrogens is 358 g/mol. The van der Waals surface area contributed by atoms with Gasteiger partial charge in [-0.2, -0.15) is 12.6 Å². The normalized spacial score (nSPS) is 12.4. The molecule has 1 unspecified atom stereocenters. The number of hydrogen-bond acceptors (Lipinski definition) is 3. The molecule has 0 aromatic carbocycles. The fraction of sp³-hybridized carbons (Fsp3) is 0.818. The van der Waals surface area contributed by atoms with Crippen molar-refractivity contribution in [3.05, 3.63) is 12.2 Å². The van der Waals surface area contributed by atoms with Crippen molar-refractivity contribution >= 4 is 24.5 Å². The van der Waals surface area contributed by atoms with E-state index < -0.39 is 12.0 Å². The molecule has 0 bridgehead atoms. The van der Waals surface area contributed by atoms with Crippen LogP contribution in [0.1, 0.15) is 103 Å². The van der Waals surface area contributed by atoms with Gasteiger partial charge in [0.15, 0.2) is 0 Å². The molecule has 0 saturated carbocycles. The first-order valence-corrected chi connectivity index (χ1v) is 11.5. The second kappa shape index (κ2) is 19.8. The minimum Gasteiger partial charge on any atom is -0.480 e. The van der Waals surface area contributed by atoms with Crippen molar-refractivity contribution in [2.45, 2.75) is 109 Å². The first kappa shape index (κ1) is 26.0. The van der Waals surface area contributed by atoms with Crippen molar-refractivity contribution in [3.8, 4) is 0 Å². The van der Waals surface area contributed by atoms with Crippen LogP contribution in [-0.2, 0) is 9.59 Å². The average molecular weight is 400 g/mol. The highest BCUT2D eigenvalue weighted by atomic mass is 32.1. The molecule has 0 saturated heterocycles. The molecule has 0 aliphatic carbocycles. The largest absolute Gasteiger partial charge is 0.480 e. The Morgan fingerprint density at radius 1 is 0.889 bits per heavy atom. The van der Waals surface area contributed by atoms with E-state index in [1.807, 2.05) is 0 Å². The Morgan fingerprint density at radius 3 is 1.93 bits per heavy atom. The molecule has 2 N–H and O–H groups in total. The molecule has 0 radical (unpaired) electrons. The molecule has 5 heteroatoms. The summed E-state index contributed by atoms with van der Waals surface area (Å²) in [5.41, 5.74) is 0. The predicted molar refractivity (Wildman–Crippen MR) is 117 cm³/mol. The minimum absolute atomic E-state index is 0.165. The number of carbonyl (C=O) groups is 2. The lowest BCUT2D eigenvalue weighted by molar-refractivity contribution is -0.141. The Morgan fingerprint density at radius 2 is 1.41 bits per heavy atom. The SMILES string of the molecule is CCCCCCCC/C=C\CCCCCCCC(=O)NC(CCS)C(=O)O.